The number of amides is 1. The third kappa shape index (κ3) is 3.39. The van der Waals surface area contributed by atoms with Crippen molar-refractivity contribution in [2.75, 3.05) is 12.3 Å². The summed E-state index contributed by atoms with van der Waals surface area (Å²) in [6, 6.07) is 6.33. The summed E-state index contributed by atoms with van der Waals surface area (Å²) in [6.07, 6.45) is 1.42. The van der Waals surface area contributed by atoms with Gasteiger partial charge in [0, 0.05) is 29.4 Å². The molecule has 1 aromatic carbocycles. The minimum Gasteiger partial charge on any atom is -0.399 e. The van der Waals surface area contributed by atoms with Gasteiger partial charge in [-0.05, 0) is 25.1 Å². The smallest absolute Gasteiger partial charge is 0.252 e. The number of aromatic amines is 1. The summed E-state index contributed by atoms with van der Waals surface area (Å²) in [5, 5.41) is 3.14. The number of nitrogens with two attached hydrogens (primary N) is 1. The molecule has 2 aromatic rings. The van der Waals surface area contributed by atoms with Gasteiger partial charge in [-0.2, -0.15) is 0 Å². The molecule has 0 aliphatic rings. The average molecular weight is 290 g/mol. The predicted octanol–water partition coefficient (Wildman–Crippen LogP) is 1.25. The highest BCUT2D eigenvalue weighted by Gasteiger charge is 2.13. The van der Waals surface area contributed by atoms with Gasteiger partial charge in [0.25, 0.3) is 11.5 Å². The number of nitrogens with zero attached hydrogens (tertiary/aromatic N) is 1. The summed E-state index contributed by atoms with van der Waals surface area (Å²) < 4.78 is 0. The molecule has 0 aliphatic carbocycles. The van der Waals surface area contributed by atoms with Crippen LogP contribution in [-0.4, -0.2) is 22.4 Å². The van der Waals surface area contributed by atoms with E-state index in [-0.39, 0.29) is 11.5 Å². The predicted molar refractivity (Wildman–Crippen MR) is 77.8 cm³/mol. The second-order valence-electron chi connectivity index (χ2n) is 3.96. The molecule has 0 saturated carbocycles. The largest absolute Gasteiger partial charge is 0.399 e. The highest BCUT2D eigenvalue weighted by molar-refractivity contribution is 7.99. The molecule has 104 valence electrons. The zero-order valence-corrected chi connectivity index (χ0v) is 11.7. The Bertz CT molecular complexity index is 684. The number of nitrogen functional groups attached to an aromatic ring is 1. The van der Waals surface area contributed by atoms with Crippen LogP contribution in [0.1, 0.15) is 17.3 Å². The number of carbonyl (C=O) groups is 1. The molecular weight excluding hydrogens is 276 g/mol. The molecule has 0 atom stereocenters. The van der Waals surface area contributed by atoms with E-state index < -0.39 is 0 Å². The summed E-state index contributed by atoms with van der Waals surface area (Å²) in [4.78, 5) is 30.5. The van der Waals surface area contributed by atoms with E-state index in [9.17, 15) is 9.59 Å². The van der Waals surface area contributed by atoms with Crippen molar-refractivity contribution >= 4 is 23.4 Å². The molecule has 0 saturated heterocycles. The maximum absolute atomic E-state index is 12.0. The molecule has 0 aliphatic heterocycles. The van der Waals surface area contributed by atoms with Crippen LogP contribution < -0.4 is 16.6 Å². The first-order valence-electron chi connectivity index (χ1n) is 6.01. The molecule has 0 fully saturated rings. The van der Waals surface area contributed by atoms with Crippen molar-refractivity contribution in [3.8, 4) is 0 Å². The van der Waals surface area contributed by atoms with Crippen molar-refractivity contribution in [2.45, 2.75) is 17.0 Å². The van der Waals surface area contributed by atoms with Gasteiger partial charge in [0.2, 0.25) is 0 Å². The van der Waals surface area contributed by atoms with Gasteiger partial charge in [0.15, 0.2) is 5.16 Å². The Labute approximate surface area is 119 Å². The molecule has 6 nitrogen and oxygen atoms in total. The second kappa shape index (κ2) is 6.25. The number of rotatable bonds is 4. The molecule has 0 unspecified atom stereocenters. The van der Waals surface area contributed by atoms with E-state index in [1.807, 2.05) is 6.92 Å². The summed E-state index contributed by atoms with van der Waals surface area (Å²) in [5.41, 5.74) is 6.54. The van der Waals surface area contributed by atoms with E-state index in [1.165, 1.54) is 24.0 Å². The third-order valence-corrected chi connectivity index (χ3v) is 3.40. The summed E-state index contributed by atoms with van der Waals surface area (Å²) in [6.45, 7) is 2.38. The van der Waals surface area contributed by atoms with E-state index in [0.29, 0.717) is 27.8 Å². The fraction of sp³-hybridized carbons (Fsp3) is 0.154. The molecule has 20 heavy (non-hydrogen) atoms. The first-order chi connectivity index (χ1) is 9.60. The van der Waals surface area contributed by atoms with Crippen LogP contribution in [0.3, 0.4) is 0 Å². The Balaban J connectivity index is 2.37. The number of aromatic nitrogens is 2. The zero-order valence-electron chi connectivity index (χ0n) is 10.8. The van der Waals surface area contributed by atoms with Gasteiger partial charge in [-0.15, -0.1) is 0 Å². The lowest BCUT2D eigenvalue weighted by Crippen LogP contribution is -2.23. The number of nitrogens with one attached hydrogen (secondary N) is 2. The van der Waals surface area contributed by atoms with Crippen LogP contribution >= 0.6 is 11.8 Å². The van der Waals surface area contributed by atoms with Gasteiger partial charge < -0.3 is 16.0 Å². The highest BCUT2D eigenvalue weighted by atomic mass is 32.2. The van der Waals surface area contributed by atoms with E-state index in [0.717, 1.165) is 0 Å². The van der Waals surface area contributed by atoms with Gasteiger partial charge in [0.05, 0.1) is 5.56 Å². The number of carbonyl (C=O) groups excluding carboxylic acids is 1. The maximum atomic E-state index is 12.0. The summed E-state index contributed by atoms with van der Waals surface area (Å²) in [7, 11) is 0. The van der Waals surface area contributed by atoms with Crippen molar-refractivity contribution in [2.24, 2.45) is 0 Å². The Kier molecular flexibility index (Phi) is 4.41. The lowest BCUT2D eigenvalue weighted by Gasteiger charge is -2.09. The zero-order chi connectivity index (χ0) is 14.5. The Morgan fingerprint density at radius 1 is 1.45 bits per heavy atom. The van der Waals surface area contributed by atoms with Crippen molar-refractivity contribution in [1.82, 2.24) is 15.3 Å². The van der Waals surface area contributed by atoms with Gasteiger partial charge in [-0.1, -0.05) is 11.8 Å². The molecule has 1 aromatic heterocycles. The van der Waals surface area contributed by atoms with E-state index >= 15 is 0 Å². The fourth-order valence-corrected chi connectivity index (χ4v) is 2.51. The fourth-order valence-electron chi connectivity index (χ4n) is 1.57. The molecule has 2 rings (SSSR count). The standard InChI is InChI=1S/C13H14N4O2S/c1-2-15-12(19)9-4-3-8(14)7-10(9)20-13-16-6-5-11(18)17-13/h3-7H,2,14H2,1H3,(H,15,19)(H,16,17,18). The lowest BCUT2D eigenvalue weighted by atomic mass is 10.2. The quantitative estimate of drug-likeness (QED) is 0.581. The Hall–Kier alpha value is -2.28. The molecule has 0 radical (unpaired) electrons. The number of H-pyrrole nitrogens is 1. The highest BCUT2D eigenvalue weighted by Crippen LogP contribution is 2.29. The van der Waals surface area contributed by atoms with Crippen LogP contribution in [0, 0.1) is 0 Å². The van der Waals surface area contributed by atoms with Crippen LogP contribution in [0.25, 0.3) is 0 Å². The van der Waals surface area contributed by atoms with Crippen molar-refractivity contribution in [3.05, 3.63) is 46.4 Å². The topological polar surface area (TPSA) is 101 Å². The maximum Gasteiger partial charge on any atom is 0.252 e. The van der Waals surface area contributed by atoms with Crippen molar-refractivity contribution in [3.63, 3.8) is 0 Å². The van der Waals surface area contributed by atoms with Crippen LogP contribution in [0.4, 0.5) is 5.69 Å². The van der Waals surface area contributed by atoms with Crippen LogP contribution in [0.2, 0.25) is 0 Å². The molecule has 1 amide bonds. The first-order valence-corrected chi connectivity index (χ1v) is 6.82. The minimum atomic E-state index is -0.244. The second-order valence-corrected chi connectivity index (χ2v) is 4.99. The van der Waals surface area contributed by atoms with E-state index in [2.05, 4.69) is 15.3 Å². The molecule has 1 heterocycles. The normalized spacial score (nSPS) is 10.2. The van der Waals surface area contributed by atoms with Crippen molar-refractivity contribution in [1.29, 1.82) is 0 Å². The van der Waals surface area contributed by atoms with Crippen LogP contribution in [0.5, 0.6) is 0 Å². The Morgan fingerprint density at radius 3 is 2.95 bits per heavy atom. The van der Waals surface area contributed by atoms with E-state index in [1.54, 1.807) is 18.2 Å². The van der Waals surface area contributed by atoms with Crippen LogP contribution in [0.15, 0.2) is 45.3 Å². The summed E-state index contributed by atoms with van der Waals surface area (Å²) in [5.74, 6) is -0.187. The van der Waals surface area contributed by atoms with Gasteiger partial charge in [-0.3, -0.25) is 9.59 Å². The average Bonchev–Trinajstić information content (AvgIpc) is 2.39. The van der Waals surface area contributed by atoms with E-state index in [4.69, 9.17) is 5.73 Å². The monoisotopic (exact) mass is 290 g/mol. The van der Waals surface area contributed by atoms with Gasteiger partial charge in [-0.25, -0.2) is 4.98 Å². The van der Waals surface area contributed by atoms with Crippen molar-refractivity contribution < 1.29 is 4.79 Å². The number of hydrogen-bond donors (Lipinski definition) is 3. The molecule has 7 heteroatoms. The Morgan fingerprint density at radius 2 is 2.25 bits per heavy atom. The van der Waals surface area contributed by atoms with Crippen LogP contribution in [-0.2, 0) is 0 Å². The van der Waals surface area contributed by atoms with Gasteiger partial charge >= 0.3 is 0 Å². The third-order valence-electron chi connectivity index (χ3n) is 2.44. The lowest BCUT2D eigenvalue weighted by molar-refractivity contribution is 0.0953. The number of hydrogen-bond acceptors (Lipinski definition) is 5. The van der Waals surface area contributed by atoms with Gasteiger partial charge in [0.1, 0.15) is 0 Å². The first kappa shape index (κ1) is 14.1. The minimum absolute atomic E-state index is 0.187. The molecular formula is C13H14N4O2S. The molecule has 0 spiro atoms. The SMILES string of the molecule is CCNC(=O)c1ccc(N)cc1Sc1nccc(=O)[nH]1. The summed E-state index contributed by atoms with van der Waals surface area (Å²) >= 11 is 1.19. The molecule has 4 N–H and O–H groups in total. The number of benzene rings is 1. The number of anilines is 1. The molecule has 0 bridgehead atoms.